The molecule has 122 valence electrons. The Kier molecular flexibility index (Phi) is 3.81. The molecule has 2 aromatic carbocycles. The first-order chi connectivity index (χ1) is 10.7. The van der Waals surface area contributed by atoms with Crippen molar-refractivity contribution in [3.63, 3.8) is 0 Å². The van der Waals surface area contributed by atoms with Crippen LogP contribution in [0, 0.1) is 0 Å². The Labute approximate surface area is 140 Å². The summed E-state index contributed by atoms with van der Waals surface area (Å²) in [7, 11) is 0. The fraction of sp³-hybridized carbons (Fsp3) is 0.235. The van der Waals surface area contributed by atoms with E-state index < -0.39 is 6.83 Å². The number of hydrogen-bond donors (Lipinski definition) is 2. The number of amides is 1. The number of nitrogens with two attached hydrogens (primary N) is 1. The van der Waals surface area contributed by atoms with Crippen LogP contribution in [0.2, 0.25) is 0 Å². The third-order valence-corrected chi connectivity index (χ3v) is 6.92. The molecule has 6 heteroatoms. The van der Waals surface area contributed by atoms with Crippen LogP contribution in [-0.2, 0) is 4.79 Å². The molecule has 0 saturated heterocycles. The maximum atomic E-state index is 12.6. The monoisotopic (exact) mass is 348 g/mol. The van der Waals surface area contributed by atoms with Crippen LogP contribution in [0.4, 0.5) is 11.4 Å². The minimum atomic E-state index is -3.06. The zero-order valence-corrected chi connectivity index (χ0v) is 15.2. The van der Waals surface area contributed by atoms with Crippen molar-refractivity contribution in [2.75, 3.05) is 31.4 Å². The Hall–Kier alpha value is -1.39. The second kappa shape index (κ2) is 5.32. The summed E-state index contributed by atoms with van der Waals surface area (Å²) in [5, 5.41) is 0.831. The number of benzene rings is 2. The Bertz CT molecular complexity index is 789. The van der Waals surface area contributed by atoms with Gasteiger partial charge in [0.15, 0.2) is 0 Å². The van der Waals surface area contributed by atoms with Crippen molar-refractivity contribution < 1.29 is 9.69 Å². The van der Waals surface area contributed by atoms with Crippen LogP contribution in [-0.4, -0.2) is 37.3 Å². The fourth-order valence-corrected chi connectivity index (χ4v) is 5.48. The van der Waals surface area contributed by atoms with Crippen molar-refractivity contribution in [3.8, 4) is 0 Å². The first kappa shape index (κ1) is 16.5. The van der Waals surface area contributed by atoms with Crippen molar-refractivity contribution in [1.29, 1.82) is 0 Å². The van der Waals surface area contributed by atoms with Crippen LogP contribution in [0.25, 0.3) is 0 Å². The van der Waals surface area contributed by atoms with E-state index in [-0.39, 0.29) is 12.5 Å². The Morgan fingerprint density at radius 3 is 2.43 bits per heavy atom. The summed E-state index contributed by atoms with van der Waals surface area (Å²) in [6.45, 7) is 2.48. The molecule has 0 saturated carbocycles. The number of para-hydroxylation sites is 2. The molecule has 0 spiro atoms. The van der Waals surface area contributed by atoms with Gasteiger partial charge in [-0.15, -0.1) is 0 Å². The summed E-state index contributed by atoms with van der Waals surface area (Å²) < 4.78 is 0. The average molecular weight is 348 g/mol. The summed E-state index contributed by atoms with van der Waals surface area (Å²) in [6.07, 6.45) is 0. The Balaban J connectivity index is 2.32. The molecule has 0 aliphatic carbocycles. The number of carbonyl (C=O) groups is 1. The summed E-state index contributed by atoms with van der Waals surface area (Å²) >= 11 is 1.62. The molecule has 3 N–H and O–H groups in total. The van der Waals surface area contributed by atoms with Gasteiger partial charge in [0.25, 0.3) is 0 Å². The average Bonchev–Trinajstić information content (AvgIpc) is 2.49. The number of rotatable bonds is 2. The quantitative estimate of drug-likeness (QED) is 0.819. The predicted octanol–water partition coefficient (Wildman–Crippen LogP) is 2.75. The molecule has 3 rings (SSSR count). The van der Waals surface area contributed by atoms with E-state index in [9.17, 15) is 9.69 Å². The molecule has 0 aromatic heterocycles. The molecular formula is C17H21N2O2PS. The number of nitrogens with zero attached hydrogens (tertiary/aromatic N) is 1. The van der Waals surface area contributed by atoms with Crippen LogP contribution in [0.3, 0.4) is 0 Å². The van der Waals surface area contributed by atoms with E-state index in [1.54, 1.807) is 16.7 Å². The van der Waals surface area contributed by atoms with Gasteiger partial charge in [0.1, 0.15) is 0 Å². The van der Waals surface area contributed by atoms with Gasteiger partial charge in [-0.1, -0.05) is 0 Å². The molecule has 0 bridgehead atoms. The molecule has 1 amide bonds. The van der Waals surface area contributed by atoms with Gasteiger partial charge in [-0.25, -0.2) is 0 Å². The van der Waals surface area contributed by atoms with Crippen LogP contribution in [0.15, 0.2) is 52.3 Å². The maximum absolute atomic E-state index is 12.6. The van der Waals surface area contributed by atoms with Crippen molar-refractivity contribution >= 4 is 41.2 Å². The number of hydrogen-bond acceptors (Lipinski definition) is 4. The van der Waals surface area contributed by atoms with Crippen molar-refractivity contribution in [2.45, 2.75) is 9.79 Å². The molecule has 0 fully saturated rings. The van der Waals surface area contributed by atoms with E-state index in [0.29, 0.717) is 0 Å². The third-order valence-electron chi connectivity index (χ3n) is 3.78. The number of carbonyl (C=O) groups excluding carboxylic acids is 1. The van der Waals surface area contributed by atoms with Crippen molar-refractivity contribution in [2.24, 2.45) is 5.73 Å². The van der Waals surface area contributed by atoms with Crippen LogP contribution in [0.1, 0.15) is 0 Å². The standard InChI is InChI=1S/C17H21N2O2PS/c1-22(2,3,21)13-8-6-10-15-17(13)19(16(20)11-18)12-7-4-5-9-14(12)23-15/h4-10,21H,11,18H2,1-3H3. The second-order valence-corrected chi connectivity index (χ2v) is 13.8. The Morgan fingerprint density at radius 2 is 1.78 bits per heavy atom. The van der Waals surface area contributed by atoms with Gasteiger partial charge in [-0.2, -0.15) is 0 Å². The Morgan fingerprint density at radius 1 is 1.13 bits per heavy atom. The predicted molar refractivity (Wildman–Crippen MR) is 99.8 cm³/mol. The first-order valence-corrected chi connectivity index (χ1v) is 11.7. The zero-order valence-electron chi connectivity index (χ0n) is 13.5. The normalized spacial score (nSPS) is 15.3. The fourth-order valence-electron chi connectivity index (χ4n) is 2.76. The summed E-state index contributed by atoms with van der Waals surface area (Å²) in [5.74, 6) is -0.174. The van der Waals surface area contributed by atoms with Crippen molar-refractivity contribution in [3.05, 3.63) is 42.5 Å². The molecule has 23 heavy (non-hydrogen) atoms. The molecule has 1 heterocycles. The summed E-state index contributed by atoms with van der Waals surface area (Å²) in [6, 6.07) is 13.6. The van der Waals surface area contributed by atoms with E-state index in [1.165, 1.54) is 0 Å². The van der Waals surface area contributed by atoms with Crippen LogP contribution >= 0.6 is 18.6 Å². The SMILES string of the molecule is CP(C)(C)(O)c1cccc2c1N(C(=O)CN)c1ccccc1S2. The van der Waals surface area contributed by atoms with Crippen LogP contribution < -0.4 is 15.9 Å². The van der Waals surface area contributed by atoms with E-state index in [2.05, 4.69) is 0 Å². The van der Waals surface area contributed by atoms with Crippen LogP contribution in [0.5, 0.6) is 0 Å². The minimum absolute atomic E-state index is 0.0781. The van der Waals surface area contributed by atoms with Gasteiger partial charge in [-0.3, -0.25) is 0 Å². The van der Waals surface area contributed by atoms with Gasteiger partial charge < -0.3 is 0 Å². The zero-order chi connectivity index (χ0) is 16.9. The van der Waals surface area contributed by atoms with Crippen molar-refractivity contribution in [1.82, 2.24) is 0 Å². The molecule has 4 nitrogen and oxygen atoms in total. The molecule has 2 aromatic rings. The van der Waals surface area contributed by atoms with Gasteiger partial charge in [-0.05, 0) is 0 Å². The first-order valence-electron chi connectivity index (χ1n) is 7.38. The van der Waals surface area contributed by atoms with E-state index in [1.807, 2.05) is 62.5 Å². The van der Waals surface area contributed by atoms with Gasteiger partial charge in [0.05, 0.1) is 0 Å². The van der Waals surface area contributed by atoms with Gasteiger partial charge >= 0.3 is 140 Å². The molecular weight excluding hydrogens is 327 g/mol. The summed E-state index contributed by atoms with van der Waals surface area (Å²) in [4.78, 5) is 27.3. The number of anilines is 2. The van der Waals surface area contributed by atoms with Gasteiger partial charge in [0, 0.05) is 0 Å². The molecule has 0 atom stereocenters. The number of fused-ring (bicyclic) bond motifs is 2. The third kappa shape index (κ3) is 2.90. The van der Waals surface area contributed by atoms with Gasteiger partial charge in [0.2, 0.25) is 0 Å². The van der Waals surface area contributed by atoms with E-state index >= 15 is 0 Å². The molecule has 1 aliphatic rings. The molecule has 1 aliphatic heterocycles. The van der Waals surface area contributed by atoms with E-state index in [4.69, 9.17) is 5.73 Å². The molecule has 0 radical (unpaired) electrons. The topological polar surface area (TPSA) is 66.6 Å². The second-order valence-electron chi connectivity index (χ2n) is 6.84. The molecule has 0 unspecified atom stereocenters. The summed E-state index contributed by atoms with van der Waals surface area (Å²) in [5.41, 5.74) is 7.26. The van der Waals surface area contributed by atoms with E-state index in [0.717, 1.165) is 26.5 Å².